The molecule has 0 heterocycles. The average molecular weight is 343 g/mol. The first-order chi connectivity index (χ1) is 11.5. The Balaban J connectivity index is 2.20. The summed E-state index contributed by atoms with van der Waals surface area (Å²) in [6.45, 7) is 1.67. The predicted octanol–water partition coefficient (Wildman–Crippen LogP) is 3.62. The molecule has 2 rings (SSSR count). The standard InChI is InChI=1S/C18H15ClN2O3/c1-11-14(4-3-5-16(11)19)17(22)15(10-20)18(23)21-12-6-8-13(24-2)9-7-12/h3-9,15H,1-2H3,(H,21,23). The summed E-state index contributed by atoms with van der Waals surface area (Å²) in [5, 5.41) is 12.2. The largest absolute Gasteiger partial charge is 0.497 e. The third-order valence-corrected chi connectivity index (χ3v) is 3.95. The number of carbonyl (C=O) groups is 2. The SMILES string of the molecule is COc1ccc(NC(=O)C(C#N)C(=O)c2cccc(Cl)c2C)cc1. The van der Waals surface area contributed by atoms with Crippen LogP contribution in [0.3, 0.4) is 0 Å². The molecule has 0 spiro atoms. The molecular formula is C18H15ClN2O3. The van der Waals surface area contributed by atoms with Crippen LogP contribution in [-0.2, 0) is 4.79 Å². The summed E-state index contributed by atoms with van der Waals surface area (Å²) >= 11 is 6.00. The van der Waals surface area contributed by atoms with Gasteiger partial charge >= 0.3 is 0 Å². The van der Waals surface area contributed by atoms with Crippen LogP contribution in [-0.4, -0.2) is 18.8 Å². The number of methoxy groups -OCH3 is 1. The van der Waals surface area contributed by atoms with E-state index < -0.39 is 17.6 Å². The number of amides is 1. The first-order valence-electron chi connectivity index (χ1n) is 7.11. The second-order valence-corrected chi connectivity index (χ2v) is 5.46. The Hall–Kier alpha value is -2.84. The lowest BCUT2D eigenvalue weighted by Gasteiger charge is -2.12. The second-order valence-electron chi connectivity index (χ2n) is 5.06. The quantitative estimate of drug-likeness (QED) is 0.664. The molecule has 122 valence electrons. The van der Waals surface area contributed by atoms with E-state index in [1.807, 2.05) is 0 Å². The number of rotatable bonds is 5. The fraction of sp³-hybridized carbons (Fsp3) is 0.167. The molecule has 0 radical (unpaired) electrons. The molecule has 1 unspecified atom stereocenters. The van der Waals surface area contributed by atoms with Gasteiger partial charge in [0.15, 0.2) is 11.7 Å². The predicted molar refractivity (Wildman–Crippen MR) is 91.2 cm³/mol. The van der Waals surface area contributed by atoms with Crippen LogP contribution in [0.2, 0.25) is 5.02 Å². The van der Waals surface area contributed by atoms with E-state index in [-0.39, 0.29) is 5.56 Å². The van der Waals surface area contributed by atoms with E-state index in [1.54, 1.807) is 55.5 Å². The van der Waals surface area contributed by atoms with E-state index in [0.29, 0.717) is 22.0 Å². The Kier molecular flexibility index (Phi) is 5.56. The molecule has 0 saturated carbocycles. The van der Waals surface area contributed by atoms with E-state index in [2.05, 4.69) is 5.32 Å². The van der Waals surface area contributed by atoms with E-state index in [4.69, 9.17) is 16.3 Å². The van der Waals surface area contributed by atoms with Gasteiger partial charge in [-0.2, -0.15) is 5.26 Å². The van der Waals surface area contributed by atoms with Gasteiger partial charge in [-0.05, 0) is 42.8 Å². The second kappa shape index (κ2) is 7.62. The maximum absolute atomic E-state index is 12.5. The molecule has 1 atom stereocenters. The van der Waals surface area contributed by atoms with Gasteiger partial charge in [-0.15, -0.1) is 0 Å². The molecule has 0 fully saturated rings. The number of ketones is 1. The Labute approximate surface area is 144 Å². The van der Waals surface area contributed by atoms with E-state index in [9.17, 15) is 14.9 Å². The van der Waals surface area contributed by atoms with Gasteiger partial charge in [-0.3, -0.25) is 9.59 Å². The number of nitrogens with one attached hydrogen (secondary N) is 1. The summed E-state index contributed by atoms with van der Waals surface area (Å²) in [6, 6.07) is 13.1. The van der Waals surface area contributed by atoms with Crippen molar-refractivity contribution in [3.8, 4) is 11.8 Å². The van der Waals surface area contributed by atoms with Gasteiger partial charge in [0, 0.05) is 16.3 Å². The van der Waals surface area contributed by atoms with Gasteiger partial charge in [-0.1, -0.05) is 23.7 Å². The van der Waals surface area contributed by atoms with Gasteiger partial charge in [0.2, 0.25) is 5.91 Å². The summed E-state index contributed by atoms with van der Waals surface area (Å²) in [4.78, 5) is 24.8. The smallest absolute Gasteiger partial charge is 0.249 e. The van der Waals surface area contributed by atoms with Crippen LogP contribution in [0.1, 0.15) is 15.9 Å². The van der Waals surface area contributed by atoms with Crippen molar-refractivity contribution in [2.45, 2.75) is 6.92 Å². The molecule has 1 N–H and O–H groups in total. The highest BCUT2D eigenvalue weighted by Crippen LogP contribution is 2.22. The summed E-state index contributed by atoms with van der Waals surface area (Å²) in [6.07, 6.45) is 0. The lowest BCUT2D eigenvalue weighted by molar-refractivity contribution is -0.117. The summed E-state index contributed by atoms with van der Waals surface area (Å²) in [5.74, 6) is -2.09. The van der Waals surface area contributed by atoms with Crippen molar-refractivity contribution < 1.29 is 14.3 Å². The van der Waals surface area contributed by atoms with Crippen LogP contribution in [0.25, 0.3) is 0 Å². The monoisotopic (exact) mass is 342 g/mol. The number of nitrogens with zero attached hydrogens (tertiary/aromatic N) is 1. The zero-order valence-corrected chi connectivity index (χ0v) is 13.9. The Bertz CT molecular complexity index is 810. The Morgan fingerprint density at radius 3 is 2.46 bits per heavy atom. The molecule has 24 heavy (non-hydrogen) atoms. The summed E-state index contributed by atoms with van der Waals surface area (Å²) < 4.78 is 5.03. The number of Topliss-reactive ketones (excluding diaryl/α,β-unsaturated/α-hetero) is 1. The number of hydrogen-bond donors (Lipinski definition) is 1. The van der Waals surface area contributed by atoms with Crippen molar-refractivity contribution in [1.82, 2.24) is 0 Å². The number of benzene rings is 2. The van der Waals surface area contributed by atoms with Crippen molar-refractivity contribution in [1.29, 1.82) is 5.26 Å². The van der Waals surface area contributed by atoms with Crippen LogP contribution >= 0.6 is 11.6 Å². The average Bonchev–Trinajstić information content (AvgIpc) is 2.58. The Morgan fingerprint density at radius 2 is 1.88 bits per heavy atom. The lowest BCUT2D eigenvalue weighted by atomic mass is 9.94. The van der Waals surface area contributed by atoms with E-state index in [1.165, 1.54) is 7.11 Å². The van der Waals surface area contributed by atoms with Gasteiger partial charge in [0.1, 0.15) is 5.75 Å². The Morgan fingerprint density at radius 1 is 1.21 bits per heavy atom. The number of halogens is 1. The van der Waals surface area contributed by atoms with Crippen LogP contribution in [0.4, 0.5) is 5.69 Å². The van der Waals surface area contributed by atoms with Crippen molar-refractivity contribution in [3.63, 3.8) is 0 Å². The number of carbonyl (C=O) groups excluding carboxylic acids is 2. The maximum Gasteiger partial charge on any atom is 0.249 e. The normalized spacial score (nSPS) is 11.2. The minimum Gasteiger partial charge on any atom is -0.497 e. The maximum atomic E-state index is 12.5. The molecule has 0 aliphatic carbocycles. The first-order valence-corrected chi connectivity index (χ1v) is 7.49. The molecular weight excluding hydrogens is 328 g/mol. The van der Waals surface area contributed by atoms with Crippen molar-refractivity contribution in [2.75, 3.05) is 12.4 Å². The number of anilines is 1. The van der Waals surface area contributed by atoms with Crippen LogP contribution in [0.15, 0.2) is 42.5 Å². The highest BCUT2D eigenvalue weighted by atomic mass is 35.5. The van der Waals surface area contributed by atoms with E-state index >= 15 is 0 Å². The highest BCUT2D eigenvalue weighted by Gasteiger charge is 2.29. The molecule has 2 aromatic carbocycles. The summed E-state index contributed by atoms with van der Waals surface area (Å²) in [7, 11) is 1.53. The molecule has 0 aromatic heterocycles. The third-order valence-electron chi connectivity index (χ3n) is 3.54. The number of nitriles is 1. The van der Waals surface area contributed by atoms with Gasteiger partial charge < -0.3 is 10.1 Å². The van der Waals surface area contributed by atoms with E-state index in [0.717, 1.165) is 0 Å². The van der Waals surface area contributed by atoms with Crippen molar-refractivity contribution in [2.24, 2.45) is 5.92 Å². The van der Waals surface area contributed by atoms with Gasteiger partial charge in [0.25, 0.3) is 0 Å². The van der Waals surface area contributed by atoms with Crippen LogP contribution in [0.5, 0.6) is 5.75 Å². The minimum atomic E-state index is -1.45. The molecule has 0 aliphatic rings. The molecule has 6 heteroatoms. The molecule has 0 saturated heterocycles. The fourth-order valence-electron chi connectivity index (χ4n) is 2.16. The van der Waals surface area contributed by atoms with Gasteiger partial charge in [0.05, 0.1) is 13.2 Å². The molecule has 0 bridgehead atoms. The van der Waals surface area contributed by atoms with Crippen LogP contribution < -0.4 is 10.1 Å². The van der Waals surface area contributed by atoms with Crippen LogP contribution in [0, 0.1) is 24.2 Å². The third kappa shape index (κ3) is 3.73. The molecule has 5 nitrogen and oxygen atoms in total. The fourth-order valence-corrected chi connectivity index (χ4v) is 2.33. The summed E-state index contributed by atoms with van der Waals surface area (Å²) in [5.41, 5.74) is 1.28. The first kappa shape index (κ1) is 17.5. The highest BCUT2D eigenvalue weighted by molar-refractivity contribution is 6.32. The van der Waals surface area contributed by atoms with Gasteiger partial charge in [-0.25, -0.2) is 0 Å². The molecule has 2 aromatic rings. The zero-order valence-electron chi connectivity index (χ0n) is 13.2. The molecule has 1 amide bonds. The topological polar surface area (TPSA) is 79.2 Å². The number of ether oxygens (including phenoxy) is 1. The van der Waals surface area contributed by atoms with Crippen molar-refractivity contribution >= 4 is 29.0 Å². The lowest BCUT2D eigenvalue weighted by Crippen LogP contribution is -2.29. The number of hydrogen-bond acceptors (Lipinski definition) is 4. The zero-order chi connectivity index (χ0) is 17.7. The van der Waals surface area contributed by atoms with Crippen molar-refractivity contribution in [3.05, 3.63) is 58.6 Å². The minimum absolute atomic E-state index is 0.263. The molecule has 0 aliphatic heterocycles.